The van der Waals surface area contributed by atoms with Crippen molar-refractivity contribution in [1.82, 2.24) is 0 Å². The van der Waals surface area contributed by atoms with Gasteiger partial charge in [-0.25, -0.2) is 4.79 Å². The summed E-state index contributed by atoms with van der Waals surface area (Å²) >= 11 is 6.06. The molecule has 0 aromatic heterocycles. The molecule has 2 rings (SSSR count). The van der Waals surface area contributed by atoms with E-state index in [1.807, 2.05) is 25.1 Å². The quantitative estimate of drug-likeness (QED) is 0.430. The predicted octanol–water partition coefficient (Wildman–Crippen LogP) is 4.44. The van der Waals surface area contributed by atoms with Gasteiger partial charge in [-0.15, -0.1) is 0 Å². The highest BCUT2D eigenvalue weighted by molar-refractivity contribution is 6.31. The zero-order valence-corrected chi connectivity index (χ0v) is 17.3. The second-order valence-electron chi connectivity index (χ2n) is 6.42. The van der Waals surface area contributed by atoms with Gasteiger partial charge in [0.05, 0.1) is 12.8 Å². The summed E-state index contributed by atoms with van der Waals surface area (Å²) in [5, 5.41) is 12.4. The topological polar surface area (TPSA) is 88.4 Å². The zero-order chi connectivity index (χ0) is 21.6. The van der Waals surface area contributed by atoms with E-state index in [-0.39, 0.29) is 5.57 Å². The number of hydrogen-bond donors (Lipinski definition) is 1. The Hall–Kier alpha value is -3.30. The molecule has 0 aliphatic heterocycles. The van der Waals surface area contributed by atoms with E-state index in [0.717, 1.165) is 11.1 Å². The molecule has 2 aromatic carbocycles. The molecule has 1 N–H and O–H groups in total. The van der Waals surface area contributed by atoms with Crippen LogP contribution in [-0.4, -0.2) is 25.1 Å². The lowest BCUT2D eigenvalue weighted by atomic mass is 10.1. The van der Waals surface area contributed by atoms with Gasteiger partial charge >= 0.3 is 5.97 Å². The van der Waals surface area contributed by atoms with Crippen LogP contribution in [0.25, 0.3) is 6.08 Å². The van der Waals surface area contributed by atoms with Crippen molar-refractivity contribution in [3.8, 4) is 11.8 Å². The number of esters is 1. The summed E-state index contributed by atoms with van der Waals surface area (Å²) in [6.45, 7) is 5.14. The third-order valence-corrected chi connectivity index (χ3v) is 4.53. The van der Waals surface area contributed by atoms with Crippen molar-refractivity contribution < 1.29 is 19.1 Å². The van der Waals surface area contributed by atoms with Gasteiger partial charge in [-0.1, -0.05) is 41.4 Å². The number of hydrogen-bond acceptors (Lipinski definition) is 5. The van der Waals surface area contributed by atoms with Crippen LogP contribution in [-0.2, 0) is 14.3 Å². The Balaban J connectivity index is 2.10. The molecule has 1 amide bonds. The average Bonchev–Trinajstić information content (AvgIpc) is 2.69. The first-order valence-electron chi connectivity index (χ1n) is 8.79. The molecule has 0 radical (unpaired) electrons. The summed E-state index contributed by atoms with van der Waals surface area (Å²) in [4.78, 5) is 24.7. The number of amides is 1. The molecule has 2 aromatic rings. The normalized spacial score (nSPS) is 11.9. The van der Waals surface area contributed by atoms with E-state index in [9.17, 15) is 14.9 Å². The molecule has 150 valence electrons. The maximum absolute atomic E-state index is 12.4. The molecule has 0 fully saturated rings. The minimum absolute atomic E-state index is 0.201. The number of nitrogens with zero attached hydrogens (tertiary/aromatic N) is 1. The van der Waals surface area contributed by atoms with Crippen molar-refractivity contribution >= 4 is 35.2 Å². The van der Waals surface area contributed by atoms with Crippen molar-refractivity contribution in [2.24, 2.45) is 0 Å². The van der Waals surface area contributed by atoms with Gasteiger partial charge < -0.3 is 14.8 Å². The summed E-state index contributed by atoms with van der Waals surface area (Å²) in [7, 11) is 1.45. The van der Waals surface area contributed by atoms with Gasteiger partial charge in [-0.3, -0.25) is 4.79 Å². The molecule has 1 atom stereocenters. The highest BCUT2D eigenvalue weighted by atomic mass is 35.5. The van der Waals surface area contributed by atoms with Crippen LogP contribution in [0.5, 0.6) is 5.75 Å². The van der Waals surface area contributed by atoms with Gasteiger partial charge in [0.25, 0.3) is 5.91 Å². The number of carbonyl (C=O) groups excluding carboxylic acids is 2. The summed E-state index contributed by atoms with van der Waals surface area (Å²) in [6.07, 6.45) is 0.288. The van der Waals surface area contributed by atoms with Crippen LogP contribution in [0.2, 0.25) is 5.02 Å². The van der Waals surface area contributed by atoms with Crippen molar-refractivity contribution in [1.29, 1.82) is 5.26 Å². The Bertz CT molecular complexity index is 991. The van der Waals surface area contributed by atoms with Crippen LogP contribution in [0.3, 0.4) is 0 Å². The number of ether oxygens (including phenoxy) is 2. The highest BCUT2D eigenvalue weighted by Gasteiger charge is 2.22. The van der Waals surface area contributed by atoms with Gasteiger partial charge in [-0.05, 0) is 44.0 Å². The molecular formula is C22H21ClN2O4. The number of nitriles is 1. The molecule has 0 bridgehead atoms. The molecule has 0 aliphatic rings. The van der Waals surface area contributed by atoms with Crippen molar-refractivity contribution in [2.45, 2.75) is 26.9 Å². The number of carbonyl (C=O) groups is 2. The predicted molar refractivity (Wildman–Crippen MR) is 112 cm³/mol. The fourth-order valence-corrected chi connectivity index (χ4v) is 2.56. The van der Waals surface area contributed by atoms with Crippen LogP contribution in [0.4, 0.5) is 5.69 Å². The zero-order valence-electron chi connectivity index (χ0n) is 16.6. The van der Waals surface area contributed by atoms with Gasteiger partial charge in [0, 0.05) is 11.1 Å². The maximum Gasteiger partial charge on any atom is 0.349 e. The van der Waals surface area contributed by atoms with Crippen LogP contribution >= 0.6 is 11.6 Å². The van der Waals surface area contributed by atoms with Crippen molar-refractivity contribution in [3.63, 3.8) is 0 Å². The summed E-state index contributed by atoms with van der Waals surface area (Å²) < 4.78 is 10.4. The Morgan fingerprint density at radius 2 is 1.86 bits per heavy atom. The molecular weight excluding hydrogens is 392 g/mol. The monoisotopic (exact) mass is 412 g/mol. The highest BCUT2D eigenvalue weighted by Crippen LogP contribution is 2.31. The largest absolute Gasteiger partial charge is 0.495 e. The average molecular weight is 413 g/mol. The van der Waals surface area contributed by atoms with E-state index < -0.39 is 18.0 Å². The van der Waals surface area contributed by atoms with Crippen LogP contribution in [0.1, 0.15) is 23.6 Å². The lowest BCUT2D eigenvalue weighted by Crippen LogP contribution is -2.30. The number of halogens is 1. The minimum Gasteiger partial charge on any atom is -0.495 e. The molecule has 0 saturated carbocycles. The number of benzene rings is 2. The van der Waals surface area contributed by atoms with E-state index >= 15 is 0 Å². The van der Waals surface area contributed by atoms with Gasteiger partial charge in [0.1, 0.15) is 17.4 Å². The lowest BCUT2D eigenvalue weighted by Gasteiger charge is -2.16. The molecule has 0 heterocycles. The van der Waals surface area contributed by atoms with Crippen molar-refractivity contribution in [3.05, 3.63) is 63.7 Å². The molecule has 7 heteroatoms. The van der Waals surface area contributed by atoms with E-state index in [2.05, 4.69) is 5.32 Å². The number of aryl methyl sites for hydroxylation is 2. The van der Waals surface area contributed by atoms with Gasteiger partial charge in [0.15, 0.2) is 6.10 Å². The van der Waals surface area contributed by atoms with Crippen LogP contribution < -0.4 is 10.1 Å². The molecule has 0 unspecified atom stereocenters. The molecule has 0 saturated heterocycles. The van der Waals surface area contributed by atoms with E-state index in [1.165, 1.54) is 20.1 Å². The Morgan fingerprint density at radius 1 is 1.21 bits per heavy atom. The van der Waals surface area contributed by atoms with Crippen molar-refractivity contribution in [2.75, 3.05) is 12.4 Å². The van der Waals surface area contributed by atoms with E-state index in [1.54, 1.807) is 31.2 Å². The van der Waals surface area contributed by atoms with E-state index in [4.69, 9.17) is 21.1 Å². The Morgan fingerprint density at radius 3 is 2.45 bits per heavy atom. The number of rotatable bonds is 6. The van der Waals surface area contributed by atoms with Crippen LogP contribution in [0.15, 0.2) is 42.0 Å². The fourth-order valence-electron chi connectivity index (χ4n) is 2.41. The third-order valence-electron chi connectivity index (χ3n) is 4.12. The lowest BCUT2D eigenvalue weighted by molar-refractivity contribution is -0.148. The first-order chi connectivity index (χ1) is 13.7. The molecule has 0 aliphatic carbocycles. The van der Waals surface area contributed by atoms with E-state index in [0.29, 0.717) is 22.0 Å². The smallest absolute Gasteiger partial charge is 0.349 e. The summed E-state index contributed by atoms with van der Waals surface area (Å²) in [5.41, 5.74) is 2.69. The standard InChI is InChI=1S/C22H21ClN2O4/c1-13-5-7-16(8-6-13)10-17(12-24)22(27)29-15(3)21(26)25-19-9-14(2)18(23)11-20(19)28-4/h5-11,15H,1-4H3,(H,25,26)/b17-10+/t15-/m0/s1. The molecule has 29 heavy (non-hydrogen) atoms. The molecule has 6 nitrogen and oxygen atoms in total. The summed E-state index contributed by atoms with van der Waals surface area (Å²) in [5.74, 6) is -1.06. The maximum atomic E-state index is 12.4. The molecule has 0 spiro atoms. The first kappa shape index (κ1) is 22.0. The fraction of sp³-hybridized carbons (Fsp3) is 0.227. The Labute approximate surface area is 174 Å². The number of anilines is 1. The third kappa shape index (κ3) is 5.84. The Kier molecular flexibility index (Phi) is 7.40. The number of nitrogens with one attached hydrogen (secondary N) is 1. The summed E-state index contributed by atoms with van der Waals surface area (Å²) in [6, 6.07) is 12.3. The second-order valence-corrected chi connectivity index (χ2v) is 6.83. The van der Waals surface area contributed by atoms with Gasteiger partial charge in [0.2, 0.25) is 0 Å². The SMILES string of the molecule is COc1cc(Cl)c(C)cc1NC(=O)[C@H](C)OC(=O)/C(C#N)=C/c1ccc(C)cc1. The first-order valence-corrected chi connectivity index (χ1v) is 9.17. The van der Waals surface area contributed by atoms with Crippen LogP contribution in [0, 0.1) is 25.2 Å². The number of methoxy groups -OCH3 is 1. The minimum atomic E-state index is -1.13. The second kappa shape index (κ2) is 9.76. The van der Waals surface area contributed by atoms with Gasteiger partial charge in [-0.2, -0.15) is 5.26 Å².